The van der Waals surface area contributed by atoms with Crippen molar-refractivity contribution < 1.29 is 34.4 Å². The number of carbonyl (C=O) groups excluding carboxylic acids is 2. The molecule has 0 heterocycles. The van der Waals surface area contributed by atoms with Crippen LogP contribution in [0.4, 0.5) is 0 Å². The normalized spacial score (nSPS) is 10.1. The number of rotatable bonds is 34. The van der Waals surface area contributed by atoms with Crippen molar-refractivity contribution in [2.75, 3.05) is 33.0 Å². The number of carboxylic acids is 2. The minimum absolute atomic E-state index is 0.0922. The van der Waals surface area contributed by atoms with Crippen LogP contribution in [0.15, 0.2) is 0 Å². The van der Waals surface area contributed by atoms with Crippen LogP contribution in [-0.2, 0) is 19.1 Å². The second-order valence-electron chi connectivity index (χ2n) is 12.7. The van der Waals surface area contributed by atoms with E-state index in [1.165, 1.54) is 116 Å². The van der Waals surface area contributed by atoms with Gasteiger partial charge in [0.15, 0.2) is 0 Å². The standard InChI is InChI=1S/2C12H24O2.C8H18O3.2C4H9.Sn/c2*1-2-3-4-5-6-7-8-9-10-11-12(13)14;1-2-3-5-10-7-8-11-6-4-9;2*1-3-4-2;/h2*2-11H2,1H3,(H,13,14);9H,2-8H2,1H3;2*1,3-4H2,2H3;/q;;;;;+2/p-2. The van der Waals surface area contributed by atoms with Crippen LogP contribution in [0.25, 0.3) is 0 Å². The first-order valence-corrected chi connectivity index (χ1v) is 24.3. The molecule has 0 fully saturated rings. The molecule has 0 aromatic rings. The molecule has 0 aliphatic heterocycles. The van der Waals surface area contributed by atoms with Crippen LogP contribution in [0.3, 0.4) is 0 Å². The molecule has 0 aliphatic carbocycles. The van der Waals surface area contributed by atoms with E-state index >= 15 is 0 Å². The minimum atomic E-state index is -0.909. The van der Waals surface area contributed by atoms with Gasteiger partial charge in [0.2, 0.25) is 0 Å². The number of carboxylic acid groups (broad SMARTS) is 2. The Bertz CT molecular complexity index is 518. The van der Waals surface area contributed by atoms with Gasteiger partial charge >= 0.3 is 69.5 Å². The molecule has 0 unspecified atom stereocenters. The van der Waals surface area contributed by atoms with Gasteiger partial charge in [-0.25, -0.2) is 0 Å². The van der Waals surface area contributed by atoms with Gasteiger partial charge in [0.25, 0.3) is 0 Å². The van der Waals surface area contributed by atoms with Crippen LogP contribution in [0.1, 0.15) is 202 Å². The van der Waals surface area contributed by atoms with Gasteiger partial charge in [0.1, 0.15) is 0 Å². The second-order valence-corrected chi connectivity index (χ2v) is 16.9. The maximum absolute atomic E-state index is 10.1. The first kappa shape index (κ1) is 54.4. The van der Waals surface area contributed by atoms with Crippen LogP contribution < -0.4 is 10.2 Å². The van der Waals surface area contributed by atoms with E-state index in [2.05, 4.69) is 34.6 Å². The van der Waals surface area contributed by atoms with Crippen LogP contribution >= 0.6 is 0 Å². The monoisotopic (exact) mass is 795 g/mol. The Morgan fingerprint density at radius 2 is 0.750 bits per heavy atom. The molecule has 8 heteroatoms. The molecule has 0 aromatic heterocycles. The summed E-state index contributed by atoms with van der Waals surface area (Å²) >= 11 is 0.149. The van der Waals surface area contributed by atoms with Crippen molar-refractivity contribution in [2.24, 2.45) is 0 Å². The quantitative estimate of drug-likeness (QED) is 0.0510. The summed E-state index contributed by atoms with van der Waals surface area (Å²) in [6.07, 6.45) is 30.4. The van der Waals surface area contributed by atoms with Crippen molar-refractivity contribution in [2.45, 2.75) is 210 Å². The summed E-state index contributed by atoms with van der Waals surface area (Å²) in [5.41, 5.74) is 0. The zero-order chi connectivity index (χ0) is 36.6. The zero-order valence-corrected chi connectivity index (χ0v) is 35.6. The average molecular weight is 794 g/mol. The van der Waals surface area contributed by atoms with E-state index in [0.29, 0.717) is 19.8 Å². The van der Waals surface area contributed by atoms with Crippen LogP contribution in [0, 0.1) is 0 Å². The maximum atomic E-state index is 10.1. The van der Waals surface area contributed by atoms with E-state index in [1.54, 1.807) is 8.87 Å². The topological polar surface area (TPSA) is 119 Å². The second kappa shape index (κ2) is 56.0. The molecule has 0 saturated carbocycles. The average Bonchev–Trinajstić information content (AvgIpc) is 3.07. The van der Waals surface area contributed by atoms with Crippen molar-refractivity contribution in [3.8, 4) is 0 Å². The molecule has 48 heavy (non-hydrogen) atoms. The number of aliphatic hydroxyl groups excluding tert-OH is 1. The van der Waals surface area contributed by atoms with Crippen LogP contribution in [-0.4, -0.2) is 71.2 Å². The number of aliphatic hydroxyl groups is 1. The van der Waals surface area contributed by atoms with E-state index in [1.807, 2.05) is 0 Å². The predicted octanol–water partition coefficient (Wildman–Crippen LogP) is 9.25. The molecule has 0 aromatic carbocycles. The summed E-state index contributed by atoms with van der Waals surface area (Å²) in [5, 5.41) is 28.5. The Labute approximate surface area is 309 Å². The number of ether oxygens (including phenoxy) is 2. The number of carbonyl (C=O) groups is 2. The summed E-state index contributed by atoms with van der Waals surface area (Å²) in [6, 6.07) is 0. The number of unbranched alkanes of at least 4 members (excludes halogenated alkanes) is 19. The molecule has 288 valence electrons. The molecule has 0 atom stereocenters. The third kappa shape index (κ3) is 71.6. The molecule has 1 N–H and O–H groups in total. The Morgan fingerprint density at radius 3 is 1.06 bits per heavy atom. The molecular formula is C40H82O7Sn. The Kier molecular flexibility index (Phi) is 63.5. The molecule has 0 saturated heterocycles. The van der Waals surface area contributed by atoms with E-state index in [-0.39, 0.29) is 40.6 Å². The molecule has 0 aliphatic rings. The van der Waals surface area contributed by atoms with Gasteiger partial charge in [-0.05, 0) is 32.1 Å². The fraction of sp³-hybridized carbons (Fsp3) is 0.950. The van der Waals surface area contributed by atoms with Crippen molar-refractivity contribution in [1.82, 2.24) is 0 Å². The third-order valence-corrected chi connectivity index (χ3v) is 11.7. The van der Waals surface area contributed by atoms with Crippen molar-refractivity contribution in [1.29, 1.82) is 0 Å². The predicted molar refractivity (Wildman–Crippen MR) is 203 cm³/mol. The first-order chi connectivity index (χ1) is 23.4. The molecule has 0 spiro atoms. The van der Waals surface area contributed by atoms with E-state index in [9.17, 15) is 19.8 Å². The van der Waals surface area contributed by atoms with Crippen LogP contribution in [0.5, 0.6) is 0 Å². The summed E-state index contributed by atoms with van der Waals surface area (Å²) < 4.78 is 13.5. The Morgan fingerprint density at radius 1 is 0.438 bits per heavy atom. The summed E-state index contributed by atoms with van der Waals surface area (Å²) in [6.45, 7) is 13.7. The van der Waals surface area contributed by atoms with Gasteiger partial charge in [0.05, 0.1) is 26.4 Å². The molecule has 7 nitrogen and oxygen atoms in total. The number of hydrogen-bond acceptors (Lipinski definition) is 7. The molecular weight excluding hydrogens is 711 g/mol. The van der Waals surface area contributed by atoms with Crippen molar-refractivity contribution in [3.63, 3.8) is 0 Å². The fourth-order valence-electron chi connectivity index (χ4n) is 4.52. The first-order valence-electron chi connectivity index (χ1n) is 20.2. The summed E-state index contributed by atoms with van der Waals surface area (Å²) in [7, 11) is 0. The van der Waals surface area contributed by atoms with Gasteiger partial charge in [-0.3, -0.25) is 0 Å². The molecule has 0 rings (SSSR count). The van der Waals surface area contributed by atoms with Crippen molar-refractivity contribution in [3.05, 3.63) is 0 Å². The molecule has 0 amide bonds. The summed E-state index contributed by atoms with van der Waals surface area (Å²) in [4.78, 5) is 20.2. The van der Waals surface area contributed by atoms with Gasteiger partial charge in [-0.2, -0.15) is 0 Å². The third-order valence-electron chi connectivity index (χ3n) is 7.63. The van der Waals surface area contributed by atoms with E-state index in [0.717, 1.165) is 45.1 Å². The molecule has 0 bridgehead atoms. The van der Waals surface area contributed by atoms with Gasteiger partial charge in [-0.15, -0.1) is 0 Å². The SMILES string of the molecule is CCCCCCCCCCCC(=O)[O-].CCCCCCCCCCCC(=O)[O-].CCCCOCCOCCO.CCC[CH2][Sn+2][CH2]CCC. The van der Waals surface area contributed by atoms with Crippen LogP contribution in [0.2, 0.25) is 8.87 Å². The van der Waals surface area contributed by atoms with E-state index < -0.39 is 11.9 Å². The Hall–Kier alpha value is -0.381. The van der Waals surface area contributed by atoms with Gasteiger partial charge in [0, 0.05) is 18.5 Å². The zero-order valence-electron chi connectivity index (χ0n) is 32.7. The summed E-state index contributed by atoms with van der Waals surface area (Å²) in [5.74, 6) is -1.82. The Balaban J connectivity index is -0.000000273. The van der Waals surface area contributed by atoms with Gasteiger partial charge < -0.3 is 34.4 Å². The van der Waals surface area contributed by atoms with Gasteiger partial charge in [-0.1, -0.05) is 130 Å². The number of aliphatic carboxylic acids is 2. The number of hydrogen-bond donors (Lipinski definition) is 1. The fourth-order valence-corrected chi connectivity index (χ4v) is 8.68. The van der Waals surface area contributed by atoms with Crippen molar-refractivity contribution >= 4 is 33.1 Å². The molecule has 0 radical (unpaired) electrons. The van der Waals surface area contributed by atoms with E-state index in [4.69, 9.17) is 14.6 Å².